The van der Waals surface area contributed by atoms with Crippen LogP contribution in [-0.2, 0) is 0 Å². The molecule has 1 aromatic carbocycles. The van der Waals surface area contributed by atoms with Crippen molar-refractivity contribution in [2.45, 2.75) is 38.8 Å². The quantitative estimate of drug-likeness (QED) is 0.510. The first-order valence-electron chi connectivity index (χ1n) is 8.18. The van der Waals surface area contributed by atoms with Gasteiger partial charge in [0.1, 0.15) is 28.5 Å². The molecule has 4 nitrogen and oxygen atoms in total. The Hall–Kier alpha value is -1.63. The minimum atomic E-state index is -0.561. The first-order chi connectivity index (χ1) is 12.0. The summed E-state index contributed by atoms with van der Waals surface area (Å²) in [6.45, 7) is 8.51. The van der Waals surface area contributed by atoms with Crippen molar-refractivity contribution in [2.75, 3.05) is 12.4 Å². The molecule has 1 atom stereocenters. The van der Waals surface area contributed by atoms with E-state index in [-0.39, 0.29) is 6.61 Å². The van der Waals surface area contributed by atoms with Crippen LogP contribution in [-0.4, -0.2) is 33.5 Å². The second-order valence-corrected chi connectivity index (χ2v) is 8.35. The predicted molar refractivity (Wildman–Crippen MR) is 105 cm³/mol. The average molecular weight is 375 g/mol. The highest BCUT2D eigenvalue weighted by Gasteiger charge is 2.15. The number of aryl methyl sites for hydroxylation is 4. The Labute approximate surface area is 156 Å². The van der Waals surface area contributed by atoms with Crippen LogP contribution in [0.15, 0.2) is 29.6 Å². The standard InChI is InChI=1S/C19H22N2O2S2/c1-11-6-5-7-12(2)17(11)23-8-15(22)9-24-18-16-13(3)14(4)25-19(16)21-10-20-18/h5-7,10,15,22H,8-9H2,1-4H3. The Bertz CT molecular complexity index is 872. The largest absolute Gasteiger partial charge is 0.490 e. The third-order valence-corrected chi connectivity index (χ3v) is 6.42. The third-order valence-electron chi connectivity index (χ3n) is 4.17. The number of aliphatic hydroxyl groups is 1. The molecule has 2 aromatic heterocycles. The summed E-state index contributed by atoms with van der Waals surface area (Å²) in [4.78, 5) is 11.0. The summed E-state index contributed by atoms with van der Waals surface area (Å²) in [6, 6.07) is 6.04. The van der Waals surface area contributed by atoms with Crippen molar-refractivity contribution in [3.05, 3.63) is 46.1 Å². The maximum atomic E-state index is 10.3. The number of ether oxygens (including phenoxy) is 1. The number of fused-ring (bicyclic) bond motifs is 1. The normalized spacial score (nSPS) is 12.5. The molecule has 0 aliphatic carbocycles. The number of nitrogens with zero attached hydrogens (tertiary/aromatic N) is 2. The van der Waals surface area contributed by atoms with Gasteiger partial charge in [-0.25, -0.2) is 9.97 Å². The molecule has 3 aromatic rings. The SMILES string of the molecule is Cc1cccc(C)c1OCC(O)CSc1ncnc2sc(C)c(C)c12. The summed E-state index contributed by atoms with van der Waals surface area (Å²) in [5, 5.41) is 12.4. The molecule has 3 rings (SSSR count). The van der Waals surface area contributed by atoms with E-state index < -0.39 is 6.10 Å². The highest BCUT2D eigenvalue weighted by Crippen LogP contribution is 2.34. The van der Waals surface area contributed by atoms with Crippen LogP contribution in [0.3, 0.4) is 0 Å². The van der Waals surface area contributed by atoms with Gasteiger partial charge in [0.2, 0.25) is 0 Å². The molecule has 0 saturated heterocycles. The predicted octanol–water partition coefficient (Wildman–Crippen LogP) is 4.46. The van der Waals surface area contributed by atoms with Gasteiger partial charge in [0.25, 0.3) is 0 Å². The lowest BCUT2D eigenvalue weighted by Crippen LogP contribution is -2.20. The molecule has 6 heteroatoms. The maximum Gasteiger partial charge on any atom is 0.128 e. The maximum absolute atomic E-state index is 10.3. The van der Waals surface area contributed by atoms with Crippen LogP contribution in [0.25, 0.3) is 10.2 Å². The van der Waals surface area contributed by atoms with Gasteiger partial charge in [-0.2, -0.15) is 0 Å². The van der Waals surface area contributed by atoms with Crippen molar-refractivity contribution in [1.82, 2.24) is 9.97 Å². The Morgan fingerprint density at radius 3 is 2.60 bits per heavy atom. The molecule has 0 fully saturated rings. The third kappa shape index (κ3) is 3.97. The van der Waals surface area contributed by atoms with E-state index in [0.717, 1.165) is 32.1 Å². The van der Waals surface area contributed by atoms with Crippen LogP contribution in [0.4, 0.5) is 0 Å². The van der Waals surface area contributed by atoms with E-state index >= 15 is 0 Å². The van der Waals surface area contributed by atoms with Gasteiger partial charge in [0.05, 0.1) is 6.10 Å². The molecule has 0 aliphatic rings. The lowest BCUT2D eigenvalue weighted by atomic mass is 10.1. The molecule has 0 aliphatic heterocycles. The van der Waals surface area contributed by atoms with Crippen LogP contribution in [0.5, 0.6) is 5.75 Å². The molecule has 0 amide bonds. The smallest absolute Gasteiger partial charge is 0.128 e. The van der Waals surface area contributed by atoms with E-state index in [4.69, 9.17) is 4.74 Å². The number of rotatable bonds is 6. The molecule has 25 heavy (non-hydrogen) atoms. The number of benzene rings is 1. The van der Waals surface area contributed by atoms with Crippen molar-refractivity contribution in [3.63, 3.8) is 0 Å². The van der Waals surface area contributed by atoms with Crippen LogP contribution < -0.4 is 4.74 Å². The summed E-state index contributed by atoms with van der Waals surface area (Å²) in [7, 11) is 0. The van der Waals surface area contributed by atoms with E-state index in [1.807, 2.05) is 32.0 Å². The topological polar surface area (TPSA) is 55.2 Å². The molecule has 132 valence electrons. The fraction of sp³-hybridized carbons (Fsp3) is 0.368. The number of thiophene rings is 1. The molecule has 0 radical (unpaired) electrons. The Morgan fingerprint density at radius 2 is 1.88 bits per heavy atom. The van der Waals surface area contributed by atoms with Crippen LogP contribution in [0.1, 0.15) is 21.6 Å². The molecular formula is C19H22N2O2S2. The van der Waals surface area contributed by atoms with Gasteiger partial charge in [-0.05, 0) is 44.4 Å². The highest BCUT2D eigenvalue weighted by atomic mass is 32.2. The van der Waals surface area contributed by atoms with Crippen LogP contribution >= 0.6 is 23.1 Å². The summed E-state index contributed by atoms with van der Waals surface area (Å²) in [6.07, 6.45) is 1.04. The summed E-state index contributed by atoms with van der Waals surface area (Å²) < 4.78 is 5.84. The molecule has 1 unspecified atom stereocenters. The second-order valence-electron chi connectivity index (χ2n) is 6.14. The minimum absolute atomic E-state index is 0.272. The van der Waals surface area contributed by atoms with E-state index in [2.05, 4.69) is 23.8 Å². The van der Waals surface area contributed by atoms with Crippen LogP contribution in [0.2, 0.25) is 0 Å². The number of hydrogen-bond acceptors (Lipinski definition) is 6. The van der Waals surface area contributed by atoms with Crippen molar-refractivity contribution < 1.29 is 9.84 Å². The highest BCUT2D eigenvalue weighted by molar-refractivity contribution is 7.99. The molecule has 1 N–H and O–H groups in total. The van der Waals surface area contributed by atoms with E-state index in [0.29, 0.717) is 5.75 Å². The summed E-state index contributed by atoms with van der Waals surface area (Å²) in [5.41, 5.74) is 3.40. The first-order valence-corrected chi connectivity index (χ1v) is 9.98. The first kappa shape index (κ1) is 18.2. The minimum Gasteiger partial charge on any atom is -0.490 e. The lowest BCUT2D eigenvalue weighted by molar-refractivity contribution is 0.125. The van der Waals surface area contributed by atoms with E-state index in [9.17, 15) is 5.11 Å². The van der Waals surface area contributed by atoms with Gasteiger partial charge >= 0.3 is 0 Å². The number of aromatic nitrogens is 2. The number of thioether (sulfide) groups is 1. The molecule has 0 saturated carbocycles. The fourth-order valence-electron chi connectivity index (χ4n) is 2.69. The Balaban J connectivity index is 1.64. The van der Waals surface area contributed by atoms with Gasteiger partial charge in [-0.1, -0.05) is 18.2 Å². The van der Waals surface area contributed by atoms with Crippen LogP contribution in [0, 0.1) is 27.7 Å². The van der Waals surface area contributed by atoms with Crippen molar-refractivity contribution in [3.8, 4) is 5.75 Å². The molecule has 0 spiro atoms. The zero-order valence-electron chi connectivity index (χ0n) is 14.9. The van der Waals surface area contributed by atoms with Gasteiger partial charge in [0.15, 0.2) is 0 Å². The second kappa shape index (κ2) is 7.72. The van der Waals surface area contributed by atoms with Crippen molar-refractivity contribution in [1.29, 1.82) is 0 Å². The molecular weight excluding hydrogens is 352 g/mol. The Kier molecular flexibility index (Phi) is 5.61. The molecule has 2 heterocycles. The lowest BCUT2D eigenvalue weighted by Gasteiger charge is -2.15. The van der Waals surface area contributed by atoms with E-state index in [1.165, 1.54) is 10.4 Å². The number of hydrogen-bond donors (Lipinski definition) is 1. The monoisotopic (exact) mass is 374 g/mol. The van der Waals surface area contributed by atoms with Gasteiger partial charge in [0, 0.05) is 16.0 Å². The van der Waals surface area contributed by atoms with E-state index in [1.54, 1.807) is 29.4 Å². The Morgan fingerprint density at radius 1 is 1.16 bits per heavy atom. The van der Waals surface area contributed by atoms with Crippen molar-refractivity contribution in [2.24, 2.45) is 0 Å². The summed E-state index contributed by atoms with van der Waals surface area (Å²) >= 11 is 3.24. The average Bonchev–Trinajstić information content (AvgIpc) is 2.87. The zero-order valence-corrected chi connectivity index (χ0v) is 16.5. The molecule has 0 bridgehead atoms. The van der Waals surface area contributed by atoms with Gasteiger partial charge in [-0.15, -0.1) is 23.1 Å². The fourth-order valence-corrected chi connectivity index (χ4v) is 4.71. The summed E-state index contributed by atoms with van der Waals surface area (Å²) in [5.74, 6) is 1.39. The van der Waals surface area contributed by atoms with Crippen molar-refractivity contribution >= 4 is 33.3 Å². The van der Waals surface area contributed by atoms with Gasteiger partial charge < -0.3 is 9.84 Å². The number of aliphatic hydroxyl groups excluding tert-OH is 1. The number of para-hydroxylation sites is 1. The zero-order chi connectivity index (χ0) is 18.0. The van der Waals surface area contributed by atoms with Gasteiger partial charge in [-0.3, -0.25) is 0 Å².